The minimum Gasteiger partial charge on any atom is -0.507 e. The molecule has 0 bridgehead atoms. The van der Waals surface area contributed by atoms with Crippen LogP contribution in [-0.4, -0.2) is 29.3 Å². The van der Waals surface area contributed by atoms with Gasteiger partial charge in [-0.15, -0.1) is 0 Å². The van der Waals surface area contributed by atoms with Crippen LogP contribution < -0.4 is 16.0 Å². The number of amides is 1. The summed E-state index contributed by atoms with van der Waals surface area (Å²) in [5.41, 5.74) is 1.97. The molecule has 82 valence electrons. The number of phenols is 1. The first-order valence-electron chi connectivity index (χ1n) is 4.26. The lowest BCUT2D eigenvalue weighted by molar-refractivity contribution is 0.0951. The summed E-state index contributed by atoms with van der Waals surface area (Å²) in [4.78, 5) is 11.1. The average Bonchev–Trinajstić information content (AvgIpc) is 2.25. The molecule has 0 aliphatic rings. The molecule has 0 aliphatic carbocycles. The van der Waals surface area contributed by atoms with Crippen LogP contribution >= 0.6 is 0 Å². The highest BCUT2D eigenvalue weighted by Gasteiger charge is 2.10. The molecule has 0 unspecified atom stereocenters. The van der Waals surface area contributed by atoms with Crippen LogP contribution in [-0.2, 0) is 0 Å². The Morgan fingerprint density at radius 2 is 2.27 bits per heavy atom. The van der Waals surface area contributed by atoms with Crippen LogP contribution in [0.4, 0.5) is 0 Å². The molecule has 15 heavy (non-hydrogen) atoms. The van der Waals surface area contributed by atoms with E-state index >= 15 is 0 Å². The van der Waals surface area contributed by atoms with Crippen LogP contribution in [0, 0.1) is 0 Å². The van der Waals surface area contributed by atoms with E-state index in [-0.39, 0.29) is 24.5 Å². The summed E-state index contributed by atoms with van der Waals surface area (Å²) in [6, 6.07) is 4.16. The van der Waals surface area contributed by atoms with Gasteiger partial charge >= 0.3 is 0 Å². The Bertz CT molecular complexity index is 354. The summed E-state index contributed by atoms with van der Waals surface area (Å²) in [6.07, 6.45) is 0. The molecule has 1 rings (SSSR count). The highest BCUT2D eigenvalue weighted by Crippen LogP contribution is 2.23. The first-order chi connectivity index (χ1) is 7.19. The zero-order valence-corrected chi connectivity index (χ0v) is 7.93. The number of aliphatic hydroxyl groups is 1. The number of phenolic OH excluding ortho intramolecular Hbond substituents is 1. The Morgan fingerprint density at radius 1 is 1.53 bits per heavy atom. The van der Waals surface area contributed by atoms with Gasteiger partial charge in [0.05, 0.1) is 12.2 Å². The van der Waals surface area contributed by atoms with Gasteiger partial charge in [-0.2, -0.15) is 0 Å². The van der Waals surface area contributed by atoms with E-state index in [1.54, 1.807) is 0 Å². The van der Waals surface area contributed by atoms with Gasteiger partial charge in [0.15, 0.2) is 0 Å². The molecule has 0 atom stereocenters. The molecule has 6 heteroatoms. The topological polar surface area (TPSA) is 105 Å². The number of hydrazine groups is 1. The third kappa shape index (κ3) is 2.83. The number of nitrogens with one attached hydrogen (secondary N) is 1. The number of hydrogen-bond donors (Lipinski definition) is 4. The van der Waals surface area contributed by atoms with Gasteiger partial charge in [0.2, 0.25) is 0 Å². The van der Waals surface area contributed by atoms with Gasteiger partial charge in [0, 0.05) is 6.07 Å². The molecule has 0 aliphatic heterocycles. The molecule has 5 N–H and O–H groups in total. The maximum absolute atomic E-state index is 11.1. The van der Waals surface area contributed by atoms with Crippen molar-refractivity contribution in [2.24, 2.45) is 5.84 Å². The van der Waals surface area contributed by atoms with E-state index in [0.717, 1.165) is 0 Å². The van der Waals surface area contributed by atoms with Gasteiger partial charge < -0.3 is 14.9 Å². The predicted octanol–water partition coefficient (Wildman–Crippen LogP) is -0.633. The third-order valence-corrected chi connectivity index (χ3v) is 1.70. The van der Waals surface area contributed by atoms with E-state index < -0.39 is 5.91 Å². The van der Waals surface area contributed by atoms with Crippen molar-refractivity contribution in [3.8, 4) is 11.5 Å². The second kappa shape index (κ2) is 5.18. The fourth-order valence-corrected chi connectivity index (χ4v) is 1.03. The standard InChI is InChI=1S/C9H12N2O4/c10-11-9(14)7-2-1-6(5-8(7)13)15-4-3-12/h1-2,5,12-13H,3-4,10H2,(H,11,14). The molecule has 0 saturated carbocycles. The Kier molecular flexibility index (Phi) is 3.90. The number of carbonyl (C=O) groups is 1. The number of aromatic hydroxyl groups is 1. The van der Waals surface area contributed by atoms with Crippen molar-refractivity contribution in [3.05, 3.63) is 23.8 Å². The maximum Gasteiger partial charge on any atom is 0.268 e. The lowest BCUT2D eigenvalue weighted by Crippen LogP contribution is -2.29. The zero-order chi connectivity index (χ0) is 11.3. The Morgan fingerprint density at radius 3 is 2.80 bits per heavy atom. The molecule has 0 aromatic heterocycles. The monoisotopic (exact) mass is 212 g/mol. The summed E-state index contributed by atoms with van der Waals surface area (Å²) in [5.74, 6) is 4.48. The van der Waals surface area contributed by atoms with Crippen LogP contribution in [0.5, 0.6) is 11.5 Å². The average molecular weight is 212 g/mol. The second-order valence-electron chi connectivity index (χ2n) is 2.72. The van der Waals surface area contributed by atoms with E-state index in [4.69, 9.17) is 15.7 Å². The molecule has 0 spiro atoms. The van der Waals surface area contributed by atoms with Gasteiger partial charge in [-0.3, -0.25) is 10.2 Å². The molecule has 0 radical (unpaired) electrons. The summed E-state index contributed by atoms with van der Waals surface area (Å²) >= 11 is 0. The molecule has 1 amide bonds. The smallest absolute Gasteiger partial charge is 0.268 e. The van der Waals surface area contributed by atoms with Crippen molar-refractivity contribution in [1.82, 2.24) is 5.43 Å². The number of nitrogens with two attached hydrogens (primary N) is 1. The predicted molar refractivity (Wildman–Crippen MR) is 52.3 cm³/mol. The Labute approximate surface area is 86.2 Å². The van der Waals surface area contributed by atoms with E-state index in [0.29, 0.717) is 5.75 Å². The summed E-state index contributed by atoms with van der Waals surface area (Å²) in [5, 5.41) is 17.9. The Balaban J connectivity index is 2.83. The normalized spacial score (nSPS) is 9.73. The second-order valence-corrected chi connectivity index (χ2v) is 2.72. The first kappa shape index (κ1) is 11.3. The van der Waals surface area contributed by atoms with Crippen molar-refractivity contribution >= 4 is 5.91 Å². The zero-order valence-electron chi connectivity index (χ0n) is 7.93. The quantitative estimate of drug-likeness (QED) is 0.302. The summed E-state index contributed by atoms with van der Waals surface area (Å²) in [7, 11) is 0. The van der Waals surface area contributed by atoms with Crippen LogP contribution in [0.3, 0.4) is 0 Å². The molecular weight excluding hydrogens is 200 g/mol. The molecule has 0 heterocycles. The molecular formula is C9H12N2O4. The van der Waals surface area contributed by atoms with Crippen molar-refractivity contribution in [1.29, 1.82) is 0 Å². The molecule has 6 nitrogen and oxygen atoms in total. The largest absolute Gasteiger partial charge is 0.507 e. The molecule has 1 aromatic carbocycles. The van der Waals surface area contributed by atoms with Gasteiger partial charge in [0.1, 0.15) is 18.1 Å². The lowest BCUT2D eigenvalue weighted by Gasteiger charge is -2.07. The highest BCUT2D eigenvalue weighted by molar-refractivity contribution is 5.96. The third-order valence-electron chi connectivity index (χ3n) is 1.70. The van der Waals surface area contributed by atoms with Crippen molar-refractivity contribution in [2.75, 3.05) is 13.2 Å². The number of hydrogen-bond acceptors (Lipinski definition) is 5. The van der Waals surface area contributed by atoms with Crippen molar-refractivity contribution in [2.45, 2.75) is 0 Å². The van der Waals surface area contributed by atoms with E-state index in [1.807, 2.05) is 5.43 Å². The van der Waals surface area contributed by atoms with Gasteiger partial charge in [0.25, 0.3) is 5.91 Å². The molecule has 0 fully saturated rings. The number of ether oxygens (including phenoxy) is 1. The molecule has 1 aromatic rings. The van der Waals surface area contributed by atoms with E-state index in [1.165, 1.54) is 18.2 Å². The summed E-state index contributed by atoms with van der Waals surface area (Å²) in [6.45, 7) is 0.00761. The minimum atomic E-state index is -0.582. The SMILES string of the molecule is NNC(=O)c1ccc(OCCO)cc1O. The van der Waals surface area contributed by atoms with Gasteiger partial charge in [-0.05, 0) is 12.1 Å². The number of aliphatic hydroxyl groups excluding tert-OH is 1. The number of rotatable bonds is 4. The van der Waals surface area contributed by atoms with Crippen molar-refractivity contribution < 1.29 is 19.7 Å². The minimum absolute atomic E-state index is 0.0637. The van der Waals surface area contributed by atoms with Gasteiger partial charge in [-0.1, -0.05) is 0 Å². The van der Waals surface area contributed by atoms with Crippen LogP contribution in [0.1, 0.15) is 10.4 Å². The Hall–Kier alpha value is -1.79. The van der Waals surface area contributed by atoms with E-state index in [9.17, 15) is 9.90 Å². The maximum atomic E-state index is 11.1. The van der Waals surface area contributed by atoms with Gasteiger partial charge in [-0.25, -0.2) is 5.84 Å². The fraction of sp³-hybridized carbons (Fsp3) is 0.222. The van der Waals surface area contributed by atoms with Crippen LogP contribution in [0.25, 0.3) is 0 Å². The summed E-state index contributed by atoms with van der Waals surface area (Å²) < 4.78 is 5.03. The number of nitrogen functional groups attached to an aromatic ring is 1. The lowest BCUT2D eigenvalue weighted by atomic mass is 10.2. The fourth-order valence-electron chi connectivity index (χ4n) is 1.03. The van der Waals surface area contributed by atoms with Crippen LogP contribution in [0.15, 0.2) is 18.2 Å². The van der Waals surface area contributed by atoms with E-state index in [2.05, 4.69) is 0 Å². The highest BCUT2D eigenvalue weighted by atomic mass is 16.5. The van der Waals surface area contributed by atoms with Crippen molar-refractivity contribution in [3.63, 3.8) is 0 Å². The number of benzene rings is 1. The first-order valence-corrected chi connectivity index (χ1v) is 4.26. The number of carbonyl (C=O) groups excluding carboxylic acids is 1. The van der Waals surface area contributed by atoms with Crippen LogP contribution in [0.2, 0.25) is 0 Å². The molecule has 0 saturated heterocycles.